The Labute approximate surface area is 116 Å². The summed E-state index contributed by atoms with van der Waals surface area (Å²) in [6.07, 6.45) is -7.32. The third kappa shape index (κ3) is 4.85. The van der Waals surface area contributed by atoms with Crippen LogP contribution in [0, 0.1) is 5.82 Å². The lowest BCUT2D eigenvalue weighted by Gasteiger charge is -2.17. The summed E-state index contributed by atoms with van der Waals surface area (Å²) in [4.78, 5) is 11.2. The molecule has 0 aromatic heterocycles. The minimum atomic E-state index is -5.06. The van der Waals surface area contributed by atoms with E-state index >= 15 is 0 Å². The van der Waals surface area contributed by atoms with Gasteiger partial charge in [0.15, 0.2) is 11.6 Å². The van der Waals surface area contributed by atoms with Crippen molar-refractivity contribution in [1.82, 2.24) is 0 Å². The van der Waals surface area contributed by atoms with Crippen LogP contribution in [0.4, 0.5) is 22.0 Å². The first-order chi connectivity index (χ1) is 9.65. The zero-order chi connectivity index (χ0) is 16.2. The van der Waals surface area contributed by atoms with Crippen LogP contribution in [-0.4, -0.2) is 25.1 Å². The second kappa shape index (κ2) is 6.70. The van der Waals surface area contributed by atoms with E-state index in [1.807, 2.05) is 0 Å². The van der Waals surface area contributed by atoms with Crippen LogP contribution in [0.1, 0.15) is 18.5 Å². The van der Waals surface area contributed by atoms with Gasteiger partial charge in [-0.3, -0.25) is 0 Å². The molecule has 4 nitrogen and oxygen atoms in total. The second-order valence-corrected chi connectivity index (χ2v) is 3.92. The van der Waals surface area contributed by atoms with Crippen LogP contribution in [0.3, 0.4) is 0 Å². The first kappa shape index (κ1) is 17.2. The molecule has 0 saturated carbocycles. The molecule has 21 heavy (non-hydrogen) atoms. The lowest BCUT2D eigenvalue weighted by Crippen LogP contribution is -2.31. The van der Waals surface area contributed by atoms with Gasteiger partial charge in [-0.1, -0.05) is 6.07 Å². The zero-order valence-corrected chi connectivity index (χ0v) is 10.8. The summed E-state index contributed by atoms with van der Waals surface area (Å²) in [6, 6.07) is 0.576. The van der Waals surface area contributed by atoms with Gasteiger partial charge in [0.1, 0.15) is 0 Å². The Hall–Kier alpha value is -1.90. The highest BCUT2D eigenvalue weighted by Crippen LogP contribution is 2.28. The molecule has 1 aromatic rings. The van der Waals surface area contributed by atoms with E-state index in [4.69, 9.17) is 5.73 Å². The summed E-state index contributed by atoms with van der Waals surface area (Å²) in [6.45, 7) is 1.39. The molecule has 1 aromatic carbocycles. The van der Waals surface area contributed by atoms with Crippen molar-refractivity contribution >= 4 is 5.97 Å². The predicted molar refractivity (Wildman–Crippen MR) is 61.5 cm³/mol. The molecule has 2 N–H and O–H groups in total. The Morgan fingerprint density at radius 2 is 2.00 bits per heavy atom. The molecule has 1 unspecified atom stereocenters. The maximum absolute atomic E-state index is 13.6. The van der Waals surface area contributed by atoms with E-state index in [0.29, 0.717) is 12.1 Å². The van der Waals surface area contributed by atoms with Gasteiger partial charge in [-0.05, 0) is 24.6 Å². The monoisotopic (exact) mass is 313 g/mol. The summed E-state index contributed by atoms with van der Waals surface area (Å²) in [5.41, 5.74) is 5.20. The Morgan fingerprint density at radius 3 is 2.48 bits per heavy atom. The van der Waals surface area contributed by atoms with E-state index in [2.05, 4.69) is 9.47 Å². The normalized spacial score (nSPS) is 14.4. The lowest BCUT2D eigenvalue weighted by atomic mass is 10.0. The molecule has 0 bridgehead atoms. The summed E-state index contributed by atoms with van der Waals surface area (Å²) in [5, 5.41) is 0. The van der Waals surface area contributed by atoms with Crippen LogP contribution in [0.15, 0.2) is 18.2 Å². The number of esters is 1. The molecular weight excluding hydrogens is 301 g/mol. The van der Waals surface area contributed by atoms with Gasteiger partial charge in [0.05, 0.1) is 12.6 Å². The maximum atomic E-state index is 13.6. The SMILES string of the molecule is CCOC(=O)C(F)[C@@H](N)c1ccc(OC(F)(F)F)c(F)c1. The van der Waals surface area contributed by atoms with Crippen LogP contribution in [0.5, 0.6) is 5.75 Å². The van der Waals surface area contributed by atoms with Gasteiger partial charge in [-0.2, -0.15) is 0 Å². The number of carbonyl (C=O) groups is 1. The number of benzene rings is 1. The average molecular weight is 313 g/mol. The van der Waals surface area contributed by atoms with Crippen LogP contribution in [0.25, 0.3) is 0 Å². The molecule has 0 spiro atoms. The average Bonchev–Trinajstić information content (AvgIpc) is 2.38. The second-order valence-electron chi connectivity index (χ2n) is 3.92. The lowest BCUT2D eigenvalue weighted by molar-refractivity contribution is -0.275. The number of hydrogen-bond acceptors (Lipinski definition) is 4. The number of ether oxygens (including phenoxy) is 2. The Morgan fingerprint density at radius 1 is 1.38 bits per heavy atom. The van der Waals surface area contributed by atoms with E-state index in [-0.39, 0.29) is 12.2 Å². The quantitative estimate of drug-likeness (QED) is 0.670. The first-order valence-electron chi connectivity index (χ1n) is 5.77. The van der Waals surface area contributed by atoms with Crippen LogP contribution >= 0.6 is 0 Å². The van der Waals surface area contributed by atoms with Crippen molar-refractivity contribution in [2.75, 3.05) is 6.61 Å². The summed E-state index contributed by atoms with van der Waals surface area (Å²) in [7, 11) is 0. The van der Waals surface area contributed by atoms with Crippen molar-refractivity contribution in [2.45, 2.75) is 25.5 Å². The molecule has 0 fully saturated rings. The van der Waals surface area contributed by atoms with Crippen molar-refractivity contribution in [3.8, 4) is 5.75 Å². The number of nitrogens with two attached hydrogens (primary N) is 1. The molecule has 0 aliphatic rings. The molecule has 0 aliphatic heterocycles. The molecule has 0 radical (unpaired) electrons. The fourth-order valence-corrected chi connectivity index (χ4v) is 1.47. The third-order valence-electron chi connectivity index (χ3n) is 2.39. The van der Waals surface area contributed by atoms with Crippen molar-refractivity contribution in [3.05, 3.63) is 29.6 Å². The Kier molecular flexibility index (Phi) is 5.47. The minimum Gasteiger partial charge on any atom is -0.464 e. The number of halogens is 5. The van der Waals surface area contributed by atoms with Crippen molar-refractivity contribution in [1.29, 1.82) is 0 Å². The molecule has 0 amide bonds. The predicted octanol–water partition coefficient (Wildman–Crippen LogP) is 2.63. The van der Waals surface area contributed by atoms with Crippen molar-refractivity contribution < 1.29 is 36.2 Å². The highest BCUT2D eigenvalue weighted by atomic mass is 19.4. The van der Waals surface area contributed by atoms with E-state index < -0.39 is 36.1 Å². The number of rotatable bonds is 5. The van der Waals surface area contributed by atoms with Crippen LogP contribution < -0.4 is 10.5 Å². The molecular formula is C12H12F5NO3. The van der Waals surface area contributed by atoms with Crippen LogP contribution in [-0.2, 0) is 9.53 Å². The third-order valence-corrected chi connectivity index (χ3v) is 2.39. The van der Waals surface area contributed by atoms with E-state index in [1.165, 1.54) is 6.92 Å². The number of alkyl halides is 4. The Balaban J connectivity index is 2.90. The molecule has 2 atom stereocenters. The smallest absolute Gasteiger partial charge is 0.464 e. The molecule has 0 saturated heterocycles. The van der Waals surface area contributed by atoms with Gasteiger partial charge < -0.3 is 15.2 Å². The number of hydrogen-bond donors (Lipinski definition) is 1. The highest BCUT2D eigenvalue weighted by Gasteiger charge is 2.33. The van der Waals surface area contributed by atoms with Gasteiger partial charge in [0.25, 0.3) is 0 Å². The Bertz CT molecular complexity index is 506. The van der Waals surface area contributed by atoms with Crippen molar-refractivity contribution in [3.63, 3.8) is 0 Å². The van der Waals surface area contributed by atoms with Gasteiger partial charge >= 0.3 is 12.3 Å². The molecule has 118 valence electrons. The molecule has 9 heteroatoms. The van der Waals surface area contributed by atoms with Crippen molar-refractivity contribution in [2.24, 2.45) is 5.73 Å². The maximum Gasteiger partial charge on any atom is 0.573 e. The summed E-state index contributed by atoms with van der Waals surface area (Å²) < 4.78 is 70.8. The summed E-state index contributed by atoms with van der Waals surface area (Å²) >= 11 is 0. The number of carbonyl (C=O) groups excluding carboxylic acids is 1. The highest BCUT2D eigenvalue weighted by molar-refractivity contribution is 5.75. The fourth-order valence-electron chi connectivity index (χ4n) is 1.47. The van der Waals surface area contributed by atoms with Gasteiger partial charge in [0, 0.05) is 0 Å². The first-order valence-corrected chi connectivity index (χ1v) is 5.77. The van der Waals surface area contributed by atoms with Crippen LogP contribution in [0.2, 0.25) is 0 Å². The van der Waals surface area contributed by atoms with E-state index in [9.17, 15) is 26.7 Å². The minimum absolute atomic E-state index is 0.0707. The zero-order valence-electron chi connectivity index (χ0n) is 10.8. The van der Waals surface area contributed by atoms with Gasteiger partial charge in [-0.15, -0.1) is 13.2 Å². The van der Waals surface area contributed by atoms with E-state index in [1.54, 1.807) is 0 Å². The molecule has 0 heterocycles. The van der Waals surface area contributed by atoms with Gasteiger partial charge in [-0.25, -0.2) is 13.6 Å². The topological polar surface area (TPSA) is 61.5 Å². The molecule has 1 rings (SSSR count). The fraction of sp³-hybridized carbons (Fsp3) is 0.417. The molecule has 0 aliphatic carbocycles. The van der Waals surface area contributed by atoms with E-state index in [0.717, 1.165) is 6.07 Å². The standard InChI is InChI=1S/C12H12F5NO3/c1-2-20-11(19)9(14)10(18)6-3-4-8(7(13)5-6)21-12(15,16)17/h3-5,9-10H,2,18H2,1H3/t9?,10-/m0/s1. The largest absolute Gasteiger partial charge is 0.573 e. The summed E-state index contributed by atoms with van der Waals surface area (Å²) in [5.74, 6) is -3.69. The van der Waals surface area contributed by atoms with Gasteiger partial charge in [0.2, 0.25) is 6.17 Å².